The van der Waals surface area contributed by atoms with Crippen LogP contribution in [0.15, 0.2) is 36.4 Å². The molecule has 0 saturated carbocycles. The maximum atomic E-state index is 13.9. The predicted octanol–water partition coefficient (Wildman–Crippen LogP) is 5.28. The minimum Gasteiger partial charge on any atom is -0.496 e. The molecule has 1 atom stereocenters. The molecule has 1 unspecified atom stereocenters. The number of ether oxygens (including phenoxy) is 1. The van der Waals surface area contributed by atoms with Crippen LogP contribution in [0.25, 0.3) is 0 Å². The number of aryl methyl sites for hydroxylation is 1. The average molecular weight is 344 g/mol. The van der Waals surface area contributed by atoms with Gasteiger partial charge in [0.2, 0.25) is 0 Å². The molecule has 0 aromatic heterocycles. The van der Waals surface area contributed by atoms with E-state index in [0.717, 1.165) is 11.1 Å². The third kappa shape index (κ3) is 3.10. The van der Waals surface area contributed by atoms with Crippen molar-refractivity contribution in [3.05, 3.63) is 63.9 Å². The normalized spacial score (nSPS) is 12.3. The van der Waals surface area contributed by atoms with Crippen molar-refractivity contribution in [1.82, 2.24) is 0 Å². The van der Waals surface area contributed by atoms with Crippen molar-refractivity contribution in [2.75, 3.05) is 7.11 Å². The van der Waals surface area contributed by atoms with Gasteiger partial charge >= 0.3 is 0 Å². The van der Waals surface area contributed by atoms with E-state index in [0.29, 0.717) is 16.3 Å². The third-order valence-corrected chi connectivity index (χ3v) is 4.11. The summed E-state index contributed by atoms with van der Waals surface area (Å²) in [5.41, 5.74) is 2.38. The van der Waals surface area contributed by atoms with Crippen LogP contribution in [0.4, 0.5) is 4.39 Å². The highest BCUT2D eigenvalue weighted by atomic mass is 79.9. The van der Waals surface area contributed by atoms with Crippen LogP contribution < -0.4 is 4.74 Å². The summed E-state index contributed by atoms with van der Waals surface area (Å²) in [5.74, 6) is 0.418. The second kappa shape index (κ2) is 5.93. The lowest BCUT2D eigenvalue weighted by Crippen LogP contribution is -2.00. The maximum Gasteiger partial charge on any atom is 0.127 e. The van der Waals surface area contributed by atoms with Crippen molar-refractivity contribution in [2.24, 2.45) is 0 Å². The highest BCUT2D eigenvalue weighted by molar-refractivity contribution is 9.09. The molecule has 2 aromatic rings. The standard InChI is InChI=1S/C15H13BrClFO/c1-9-3-5-13(18)11(7-9)15(16)12-8-10(17)4-6-14(12)19-2/h3-8,15H,1-2H3. The fraction of sp³-hybridized carbons (Fsp3) is 0.200. The predicted molar refractivity (Wildman–Crippen MR) is 79.9 cm³/mol. The number of rotatable bonds is 3. The second-order valence-corrected chi connectivity index (χ2v) is 5.63. The summed E-state index contributed by atoms with van der Waals surface area (Å²) < 4.78 is 19.2. The Morgan fingerprint density at radius 2 is 1.89 bits per heavy atom. The summed E-state index contributed by atoms with van der Waals surface area (Å²) in [5, 5.41) is 0.591. The van der Waals surface area contributed by atoms with Gasteiger partial charge in [-0.2, -0.15) is 0 Å². The Labute approximate surface area is 125 Å². The molecule has 0 radical (unpaired) electrons. The molecule has 0 aliphatic carbocycles. The van der Waals surface area contributed by atoms with Gasteiger partial charge in [-0.25, -0.2) is 4.39 Å². The van der Waals surface area contributed by atoms with E-state index in [2.05, 4.69) is 15.9 Å². The fourth-order valence-corrected chi connectivity index (χ4v) is 2.82. The summed E-state index contributed by atoms with van der Waals surface area (Å²) in [4.78, 5) is -0.305. The zero-order valence-electron chi connectivity index (χ0n) is 10.6. The Morgan fingerprint density at radius 1 is 1.16 bits per heavy atom. The lowest BCUT2D eigenvalue weighted by molar-refractivity contribution is 0.410. The van der Waals surface area contributed by atoms with Crippen molar-refractivity contribution in [2.45, 2.75) is 11.8 Å². The van der Waals surface area contributed by atoms with Crippen molar-refractivity contribution < 1.29 is 9.13 Å². The van der Waals surface area contributed by atoms with Crippen LogP contribution in [0, 0.1) is 12.7 Å². The van der Waals surface area contributed by atoms with E-state index in [1.165, 1.54) is 6.07 Å². The van der Waals surface area contributed by atoms with E-state index in [1.807, 2.05) is 13.0 Å². The van der Waals surface area contributed by atoms with E-state index in [9.17, 15) is 4.39 Å². The van der Waals surface area contributed by atoms with Gasteiger partial charge in [-0.1, -0.05) is 45.2 Å². The molecule has 2 rings (SSSR count). The number of halogens is 3. The van der Waals surface area contributed by atoms with E-state index in [1.54, 1.807) is 31.4 Å². The molecule has 0 saturated heterocycles. The minimum atomic E-state index is -0.305. The van der Waals surface area contributed by atoms with Crippen LogP contribution in [0.1, 0.15) is 21.5 Å². The molecular weight excluding hydrogens is 331 g/mol. The van der Waals surface area contributed by atoms with Crippen LogP contribution >= 0.6 is 27.5 Å². The first-order valence-corrected chi connectivity index (χ1v) is 7.06. The second-order valence-electron chi connectivity index (χ2n) is 4.27. The molecule has 0 aliphatic rings. The van der Waals surface area contributed by atoms with Gasteiger partial charge in [0.15, 0.2) is 0 Å². The molecule has 0 spiro atoms. The van der Waals surface area contributed by atoms with Gasteiger partial charge in [-0.15, -0.1) is 0 Å². The van der Waals surface area contributed by atoms with Gasteiger partial charge < -0.3 is 4.74 Å². The van der Waals surface area contributed by atoms with Crippen LogP contribution in [0.3, 0.4) is 0 Å². The Balaban J connectivity index is 2.51. The lowest BCUT2D eigenvalue weighted by Gasteiger charge is -2.16. The summed E-state index contributed by atoms with van der Waals surface area (Å²) in [6, 6.07) is 10.3. The monoisotopic (exact) mass is 342 g/mol. The molecule has 0 aliphatic heterocycles. The smallest absolute Gasteiger partial charge is 0.127 e. The van der Waals surface area contributed by atoms with Crippen LogP contribution in [-0.4, -0.2) is 7.11 Å². The quantitative estimate of drug-likeness (QED) is 0.689. The Kier molecular flexibility index (Phi) is 4.48. The Bertz CT molecular complexity index is 601. The summed E-state index contributed by atoms with van der Waals surface area (Å²) in [7, 11) is 1.58. The zero-order chi connectivity index (χ0) is 14.0. The van der Waals surface area contributed by atoms with Crippen molar-refractivity contribution in [3.8, 4) is 5.75 Å². The van der Waals surface area contributed by atoms with Crippen molar-refractivity contribution >= 4 is 27.5 Å². The minimum absolute atomic E-state index is 0.255. The van der Waals surface area contributed by atoms with Gasteiger partial charge in [-0.05, 0) is 31.2 Å². The number of methoxy groups -OCH3 is 1. The third-order valence-electron chi connectivity index (χ3n) is 2.89. The Morgan fingerprint density at radius 3 is 2.58 bits per heavy atom. The zero-order valence-corrected chi connectivity index (χ0v) is 12.9. The molecule has 100 valence electrons. The van der Waals surface area contributed by atoms with Gasteiger partial charge in [0.25, 0.3) is 0 Å². The molecule has 0 amide bonds. The van der Waals surface area contributed by atoms with Gasteiger partial charge in [-0.3, -0.25) is 0 Å². The van der Waals surface area contributed by atoms with Gasteiger partial charge in [0.05, 0.1) is 11.9 Å². The molecule has 0 N–H and O–H groups in total. The topological polar surface area (TPSA) is 9.23 Å². The molecule has 1 nitrogen and oxygen atoms in total. The molecule has 0 bridgehead atoms. The first-order valence-electron chi connectivity index (χ1n) is 5.76. The summed E-state index contributed by atoms with van der Waals surface area (Å²) >= 11 is 9.53. The molecule has 19 heavy (non-hydrogen) atoms. The van der Waals surface area contributed by atoms with Crippen LogP contribution in [-0.2, 0) is 0 Å². The van der Waals surface area contributed by atoms with E-state index < -0.39 is 0 Å². The molecule has 4 heteroatoms. The van der Waals surface area contributed by atoms with E-state index >= 15 is 0 Å². The van der Waals surface area contributed by atoms with Gasteiger partial charge in [0.1, 0.15) is 11.6 Å². The number of benzene rings is 2. The first-order chi connectivity index (χ1) is 9.02. The molecule has 2 aromatic carbocycles. The van der Waals surface area contributed by atoms with Crippen LogP contribution in [0.2, 0.25) is 5.02 Å². The van der Waals surface area contributed by atoms with Crippen molar-refractivity contribution in [1.29, 1.82) is 0 Å². The molecular formula is C15H13BrClFO. The van der Waals surface area contributed by atoms with E-state index in [-0.39, 0.29) is 10.6 Å². The van der Waals surface area contributed by atoms with Crippen LogP contribution in [0.5, 0.6) is 5.75 Å². The first kappa shape index (κ1) is 14.4. The largest absolute Gasteiger partial charge is 0.496 e. The summed E-state index contributed by atoms with van der Waals surface area (Å²) in [6.45, 7) is 1.93. The summed E-state index contributed by atoms with van der Waals surface area (Å²) in [6.07, 6.45) is 0. The number of alkyl halides is 1. The Hall–Kier alpha value is -1.06. The average Bonchev–Trinajstić information content (AvgIpc) is 2.40. The van der Waals surface area contributed by atoms with Gasteiger partial charge in [0, 0.05) is 16.1 Å². The molecule has 0 fully saturated rings. The number of hydrogen-bond acceptors (Lipinski definition) is 1. The van der Waals surface area contributed by atoms with Crippen molar-refractivity contribution in [3.63, 3.8) is 0 Å². The van der Waals surface area contributed by atoms with E-state index in [4.69, 9.17) is 16.3 Å². The SMILES string of the molecule is COc1ccc(Cl)cc1C(Br)c1cc(C)ccc1F. The lowest BCUT2D eigenvalue weighted by atomic mass is 10.0. The molecule has 0 heterocycles. The number of hydrogen-bond donors (Lipinski definition) is 0. The highest BCUT2D eigenvalue weighted by Gasteiger charge is 2.19. The maximum absolute atomic E-state index is 13.9. The fourth-order valence-electron chi connectivity index (χ4n) is 1.93. The highest BCUT2D eigenvalue weighted by Crippen LogP contribution is 2.39.